The van der Waals surface area contributed by atoms with Crippen LogP contribution in [0.4, 0.5) is 0 Å². The predicted octanol–water partition coefficient (Wildman–Crippen LogP) is 8.79. The van der Waals surface area contributed by atoms with E-state index >= 15 is 0 Å². The highest BCUT2D eigenvalue weighted by Crippen LogP contribution is 2.48. The van der Waals surface area contributed by atoms with Crippen molar-refractivity contribution in [3.63, 3.8) is 0 Å². The van der Waals surface area contributed by atoms with Crippen LogP contribution in [0.25, 0.3) is 43.8 Å². The number of rotatable bonds is 5. The van der Waals surface area contributed by atoms with Gasteiger partial charge in [-0.3, -0.25) is 0 Å². The van der Waals surface area contributed by atoms with Crippen LogP contribution >= 0.6 is 7.92 Å². The molecule has 1 N–H and O–H groups in total. The van der Waals surface area contributed by atoms with E-state index in [0.717, 1.165) is 43.8 Å². The molecular formula is C38H27OP. The van der Waals surface area contributed by atoms with Gasteiger partial charge in [-0.25, -0.2) is 0 Å². The molecule has 0 amide bonds. The van der Waals surface area contributed by atoms with E-state index in [-0.39, 0.29) is 0 Å². The average molecular weight is 531 g/mol. The lowest BCUT2D eigenvalue weighted by molar-refractivity contribution is 0.480. The van der Waals surface area contributed by atoms with Crippen molar-refractivity contribution in [2.75, 3.05) is 0 Å². The quantitative estimate of drug-likeness (QED) is 0.221. The van der Waals surface area contributed by atoms with Crippen LogP contribution in [0.15, 0.2) is 158 Å². The van der Waals surface area contributed by atoms with Gasteiger partial charge in [-0.05, 0) is 57.0 Å². The Morgan fingerprint density at radius 3 is 1.55 bits per heavy atom. The molecule has 0 fully saturated rings. The molecule has 7 aromatic carbocycles. The Labute approximate surface area is 235 Å². The number of aromatic hydroxyl groups is 1. The van der Waals surface area contributed by atoms with Crippen molar-refractivity contribution in [3.8, 4) is 28.0 Å². The van der Waals surface area contributed by atoms with Crippen LogP contribution in [-0.4, -0.2) is 5.11 Å². The maximum Gasteiger partial charge on any atom is 0.131 e. The lowest BCUT2D eigenvalue weighted by Gasteiger charge is -2.25. The lowest BCUT2D eigenvalue weighted by Crippen LogP contribution is -2.22. The summed E-state index contributed by atoms with van der Waals surface area (Å²) in [6.07, 6.45) is 0. The molecule has 0 spiro atoms. The lowest BCUT2D eigenvalue weighted by atomic mass is 9.89. The maximum absolute atomic E-state index is 12.2. The van der Waals surface area contributed by atoms with Crippen molar-refractivity contribution in [2.45, 2.75) is 0 Å². The van der Waals surface area contributed by atoms with Crippen LogP contribution in [0.5, 0.6) is 5.75 Å². The molecular weight excluding hydrogens is 503 g/mol. The standard InChI is InChI=1S/C38H27OP/c39-38-34(27-14-4-1-5-15-27)26-29-17-11-13-23-33(29)37(38)36-32-22-12-10-16-28(32)24-25-35(36)40(30-18-6-2-7-19-30)31-20-8-3-9-21-31/h1-26,39H. The Hall–Kier alpha value is -4.71. The molecule has 7 rings (SSSR count). The molecule has 0 unspecified atom stereocenters. The molecule has 40 heavy (non-hydrogen) atoms. The van der Waals surface area contributed by atoms with Crippen LogP contribution in [0.3, 0.4) is 0 Å². The second-order valence-electron chi connectivity index (χ2n) is 9.92. The monoisotopic (exact) mass is 530 g/mol. The number of fused-ring (bicyclic) bond motifs is 2. The zero-order valence-corrected chi connectivity index (χ0v) is 22.8. The molecule has 0 aliphatic carbocycles. The average Bonchev–Trinajstić information content (AvgIpc) is 3.03. The third-order valence-corrected chi connectivity index (χ3v) is 10.0. The molecule has 0 aliphatic rings. The SMILES string of the molecule is Oc1c(-c2ccccc2)cc2ccccc2c1-c1c(P(c2ccccc2)c2ccccc2)ccc2ccccc12. The Bertz CT molecular complexity index is 1910. The first kappa shape index (κ1) is 24.3. The minimum Gasteiger partial charge on any atom is -0.507 e. The van der Waals surface area contributed by atoms with Crippen molar-refractivity contribution in [3.05, 3.63) is 158 Å². The number of hydrogen-bond donors (Lipinski definition) is 1. The molecule has 0 saturated heterocycles. The van der Waals surface area contributed by atoms with Crippen molar-refractivity contribution in [2.24, 2.45) is 0 Å². The van der Waals surface area contributed by atoms with Gasteiger partial charge in [0, 0.05) is 16.7 Å². The Balaban J connectivity index is 1.64. The van der Waals surface area contributed by atoms with Gasteiger partial charge in [-0.1, -0.05) is 152 Å². The summed E-state index contributed by atoms with van der Waals surface area (Å²) in [6, 6.07) is 55.4. The van der Waals surface area contributed by atoms with Gasteiger partial charge in [0.2, 0.25) is 0 Å². The molecule has 0 aliphatic heterocycles. The van der Waals surface area contributed by atoms with Gasteiger partial charge >= 0.3 is 0 Å². The van der Waals surface area contributed by atoms with Crippen LogP contribution in [-0.2, 0) is 0 Å². The summed E-state index contributed by atoms with van der Waals surface area (Å²) in [4.78, 5) is 0. The van der Waals surface area contributed by atoms with Crippen LogP contribution in [0.1, 0.15) is 0 Å². The van der Waals surface area contributed by atoms with Gasteiger partial charge in [-0.15, -0.1) is 0 Å². The number of benzene rings is 7. The van der Waals surface area contributed by atoms with Gasteiger partial charge in [0.05, 0.1) is 0 Å². The van der Waals surface area contributed by atoms with E-state index in [9.17, 15) is 5.11 Å². The summed E-state index contributed by atoms with van der Waals surface area (Å²) in [5.41, 5.74) is 3.84. The highest BCUT2D eigenvalue weighted by Gasteiger charge is 2.26. The molecule has 0 saturated carbocycles. The first-order valence-corrected chi connectivity index (χ1v) is 14.9. The molecule has 0 atom stereocenters. The Kier molecular flexibility index (Phi) is 6.36. The number of hydrogen-bond acceptors (Lipinski definition) is 1. The molecule has 7 aromatic rings. The van der Waals surface area contributed by atoms with E-state index in [1.165, 1.54) is 15.9 Å². The third kappa shape index (κ3) is 4.26. The first-order chi connectivity index (χ1) is 19.8. The minimum absolute atomic E-state index is 0.318. The van der Waals surface area contributed by atoms with Gasteiger partial charge in [0.1, 0.15) is 5.75 Å². The number of phenolic OH excluding ortho intramolecular Hbond substituents is 1. The molecule has 0 aromatic heterocycles. The van der Waals surface area contributed by atoms with Gasteiger partial charge < -0.3 is 5.11 Å². The van der Waals surface area contributed by atoms with Crippen LogP contribution in [0.2, 0.25) is 0 Å². The summed E-state index contributed by atoms with van der Waals surface area (Å²) < 4.78 is 0. The summed E-state index contributed by atoms with van der Waals surface area (Å²) in [7, 11) is -0.906. The molecule has 190 valence electrons. The van der Waals surface area contributed by atoms with E-state index in [1.807, 2.05) is 18.2 Å². The van der Waals surface area contributed by atoms with Crippen LogP contribution < -0.4 is 15.9 Å². The summed E-state index contributed by atoms with van der Waals surface area (Å²) >= 11 is 0. The second kappa shape index (κ2) is 10.5. The fourth-order valence-corrected chi connectivity index (χ4v) is 8.19. The zero-order valence-electron chi connectivity index (χ0n) is 21.9. The van der Waals surface area contributed by atoms with Gasteiger partial charge in [0.25, 0.3) is 0 Å². The maximum atomic E-state index is 12.2. The van der Waals surface area contributed by atoms with Gasteiger partial charge in [-0.2, -0.15) is 0 Å². The molecule has 0 heterocycles. The fourth-order valence-electron chi connectivity index (χ4n) is 5.72. The summed E-state index contributed by atoms with van der Waals surface area (Å²) in [5.74, 6) is 0.318. The smallest absolute Gasteiger partial charge is 0.131 e. The second-order valence-corrected chi connectivity index (χ2v) is 12.1. The largest absolute Gasteiger partial charge is 0.507 e. The van der Waals surface area contributed by atoms with E-state index in [0.29, 0.717) is 5.75 Å². The predicted molar refractivity (Wildman–Crippen MR) is 173 cm³/mol. The summed E-state index contributed by atoms with van der Waals surface area (Å²) in [6.45, 7) is 0. The third-order valence-electron chi connectivity index (χ3n) is 7.53. The topological polar surface area (TPSA) is 20.2 Å². The highest BCUT2D eigenvalue weighted by atomic mass is 31.1. The highest BCUT2D eigenvalue weighted by molar-refractivity contribution is 7.80. The van der Waals surface area contributed by atoms with Crippen molar-refractivity contribution in [1.29, 1.82) is 0 Å². The zero-order chi connectivity index (χ0) is 26.9. The Morgan fingerprint density at radius 2 is 0.925 bits per heavy atom. The molecule has 0 radical (unpaired) electrons. The molecule has 2 heteroatoms. The summed E-state index contributed by atoms with van der Waals surface area (Å²) in [5, 5.41) is 20.5. The van der Waals surface area contributed by atoms with E-state index in [4.69, 9.17) is 0 Å². The Morgan fingerprint density at radius 1 is 0.425 bits per heavy atom. The first-order valence-electron chi connectivity index (χ1n) is 13.5. The molecule has 0 bridgehead atoms. The minimum atomic E-state index is -0.906. The van der Waals surface area contributed by atoms with Crippen molar-refractivity contribution in [1.82, 2.24) is 0 Å². The van der Waals surface area contributed by atoms with E-state index in [1.54, 1.807) is 0 Å². The van der Waals surface area contributed by atoms with E-state index in [2.05, 4.69) is 140 Å². The van der Waals surface area contributed by atoms with Gasteiger partial charge in [0.15, 0.2) is 0 Å². The van der Waals surface area contributed by atoms with Crippen LogP contribution in [0, 0.1) is 0 Å². The normalized spacial score (nSPS) is 11.3. The number of phenols is 1. The van der Waals surface area contributed by atoms with E-state index < -0.39 is 7.92 Å². The molecule has 1 nitrogen and oxygen atoms in total. The van der Waals surface area contributed by atoms with Crippen molar-refractivity contribution < 1.29 is 5.11 Å². The van der Waals surface area contributed by atoms with Crippen molar-refractivity contribution >= 4 is 45.4 Å². The fraction of sp³-hybridized carbons (Fsp3) is 0.